The Kier molecular flexibility index (Phi) is 6.19. The lowest BCUT2D eigenvalue weighted by molar-refractivity contribution is 0.104. The highest BCUT2D eigenvalue weighted by molar-refractivity contribution is 5.89. The number of hydrogen-bond acceptors (Lipinski definition) is 3. The van der Waals surface area contributed by atoms with Crippen LogP contribution in [0.25, 0.3) is 0 Å². The van der Waals surface area contributed by atoms with Crippen LogP contribution in [0.5, 0.6) is 0 Å². The normalized spacial score (nSPS) is 16.5. The molecule has 0 spiro atoms. The number of ether oxygens (including phenoxy) is 1. The minimum atomic E-state index is -0.154. The number of carbonyl (C=O) groups is 1. The fourth-order valence-corrected chi connectivity index (χ4v) is 3.12. The lowest BCUT2D eigenvalue weighted by atomic mass is 9.83. The molecule has 0 atom stereocenters. The van der Waals surface area contributed by atoms with E-state index in [1.165, 1.54) is 25.7 Å². The number of nitrogens with one attached hydrogen (secondary N) is 2. The number of urea groups is 1. The Bertz CT molecular complexity index is 485. The van der Waals surface area contributed by atoms with Crippen molar-refractivity contribution in [2.45, 2.75) is 46.0 Å². The van der Waals surface area contributed by atoms with Crippen LogP contribution >= 0.6 is 0 Å². The number of aromatic nitrogens is 1. The van der Waals surface area contributed by atoms with E-state index in [1.54, 1.807) is 6.20 Å². The number of aryl methyl sites for hydroxylation is 1. The second-order valence-corrected chi connectivity index (χ2v) is 6.10. The monoisotopic (exact) mass is 305 g/mol. The van der Waals surface area contributed by atoms with E-state index >= 15 is 0 Å². The summed E-state index contributed by atoms with van der Waals surface area (Å²) >= 11 is 0. The van der Waals surface area contributed by atoms with Crippen LogP contribution in [-0.4, -0.2) is 30.8 Å². The molecule has 0 radical (unpaired) electrons. The maximum Gasteiger partial charge on any atom is 0.319 e. The third-order valence-electron chi connectivity index (χ3n) is 4.52. The van der Waals surface area contributed by atoms with E-state index in [9.17, 15) is 4.79 Å². The molecule has 0 unspecified atom stereocenters. The van der Waals surface area contributed by atoms with Crippen LogP contribution in [0.2, 0.25) is 0 Å². The molecule has 1 aromatic rings. The Balaban J connectivity index is 1.84. The molecule has 1 heterocycles. The minimum Gasteiger partial charge on any atom is -0.382 e. The van der Waals surface area contributed by atoms with Gasteiger partial charge in [0.15, 0.2) is 0 Å². The van der Waals surface area contributed by atoms with Crippen molar-refractivity contribution in [3.8, 4) is 0 Å². The largest absolute Gasteiger partial charge is 0.382 e. The van der Waals surface area contributed by atoms with Crippen molar-refractivity contribution >= 4 is 11.7 Å². The van der Waals surface area contributed by atoms with E-state index in [4.69, 9.17) is 4.74 Å². The molecule has 2 amide bonds. The molecule has 1 aliphatic rings. The summed E-state index contributed by atoms with van der Waals surface area (Å²) in [6.07, 6.45) is 7.58. The summed E-state index contributed by atoms with van der Waals surface area (Å²) in [5.74, 6) is 0. The highest BCUT2D eigenvalue weighted by Gasteiger charge is 2.33. The minimum absolute atomic E-state index is 0.154. The van der Waals surface area contributed by atoms with Crippen molar-refractivity contribution in [3.63, 3.8) is 0 Å². The van der Waals surface area contributed by atoms with Gasteiger partial charge in [-0.15, -0.1) is 0 Å². The van der Waals surface area contributed by atoms with Crippen LogP contribution in [0.15, 0.2) is 18.3 Å². The molecule has 5 heteroatoms. The summed E-state index contributed by atoms with van der Waals surface area (Å²) in [5.41, 5.74) is 1.79. The standard InChI is InChI=1S/C17H27N3O2/c1-3-22-12-10-17(8-4-5-9-17)13-19-16(21)20-15-7-6-11-18-14(15)2/h6-7,11H,3-5,8-10,12-13H2,1-2H3,(H2,19,20,21). The maximum atomic E-state index is 12.1. The molecule has 2 N–H and O–H groups in total. The maximum absolute atomic E-state index is 12.1. The first kappa shape index (κ1) is 16.7. The van der Waals surface area contributed by atoms with Gasteiger partial charge in [-0.2, -0.15) is 0 Å². The highest BCUT2D eigenvalue weighted by atomic mass is 16.5. The highest BCUT2D eigenvalue weighted by Crippen LogP contribution is 2.40. The van der Waals surface area contributed by atoms with Crippen molar-refractivity contribution in [1.29, 1.82) is 0 Å². The van der Waals surface area contributed by atoms with Gasteiger partial charge in [0.1, 0.15) is 0 Å². The zero-order valence-corrected chi connectivity index (χ0v) is 13.7. The summed E-state index contributed by atoms with van der Waals surface area (Å²) in [7, 11) is 0. The molecule has 2 rings (SSSR count). The van der Waals surface area contributed by atoms with Crippen molar-refractivity contribution < 1.29 is 9.53 Å². The topological polar surface area (TPSA) is 63.2 Å². The predicted octanol–water partition coefficient (Wildman–Crippen LogP) is 3.50. The first-order valence-electron chi connectivity index (χ1n) is 8.19. The Morgan fingerprint density at radius 1 is 1.41 bits per heavy atom. The molecule has 0 aromatic carbocycles. The molecule has 1 saturated carbocycles. The number of nitrogens with zero attached hydrogens (tertiary/aromatic N) is 1. The molecule has 22 heavy (non-hydrogen) atoms. The average molecular weight is 305 g/mol. The molecule has 0 aliphatic heterocycles. The van der Waals surface area contributed by atoms with Crippen LogP contribution in [0.3, 0.4) is 0 Å². The van der Waals surface area contributed by atoms with Gasteiger partial charge in [0, 0.05) is 26.0 Å². The Morgan fingerprint density at radius 3 is 2.86 bits per heavy atom. The molecule has 5 nitrogen and oxygen atoms in total. The van der Waals surface area contributed by atoms with E-state index in [0.717, 1.165) is 31.0 Å². The third-order valence-corrected chi connectivity index (χ3v) is 4.52. The van der Waals surface area contributed by atoms with Crippen LogP contribution in [0.4, 0.5) is 10.5 Å². The fraction of sp³-hybridized carbons (Fsp3) is 0.647. The molecular weight excluding hydrogens is 278 g/mol. The van der Waals surface area contributed by atoms with Gasteiger partial charge in [-0.05, 0) is 50.7 Å². The summed E-state index contributed by atoms with van der Waals surface area (Å²) < 4.78 is 5.50. The number of amides is 2. The number of pyridine rings is 1. The van der Waals surface area contributed by atoms with Gasteiger partial charge < -0.3 is 15.4 Å². The van der Waals surface area contributed by atoms with Gasteiger partial charge in [-0.3, -0.25) is 4.98 Å². The van der Waals surface area contributed by atoms with Gasteiger partial charge in [0.2, 0.25) is 0 Å². The van der Waals surface area contributed by atoms with E-state index < -0.39 is 0 Å². The van der Waals surface area contributed by atoms with E-state index in [0.29, 0.717) is 6.54 Å². The van der Waals surface area contributed by atoms with Crippen LogP contribution in [0.1, 0.15) is 44.7 Å². The fourth-order valence-electron chi connectivity index (χ4n) is 3.12. The van der Waals surface area contributed by atoms with Crippen molar-refractivity contribution in [3.05, 3.63) is 24.0 Å². The zero-order chi connectivity index (χ0) is 15.8. The van der Waals surface area contributed by atoms with Gasteiger partial charge in [-0.25, -0.2) is 4.79 Å². The molecule has 1 fully saturated rings. The second kappa shape index (κ2) is 8.13. The Hall–Kier alpha value is -1.62. The van der Waals surface area contributed by atoms with Crippen LogP contribution in [-0.2, 0) is 4.74 Å². The number of anilines is 1. The molecular formula is C17H27N3O2. The van der Waals surface area contributed by atoms with Crippen molar-refractivity contribution in [1.82, 2.24) is 10.3 Å². The van der Waals surface area contributed by atoms with Gasteiger partial charge in [0.05, 0.1) is 11.4 Å². The van der Waals surface area contributed by atoms with Gasteiger partial charge >= 0.3 is 6.03 Å². The number of rotatable bonds is 7. The SMILES string of the molecule is CCOCCC1(CNC(=O)Nc2cccnc2C)CCCC1. The lowest BCUT2D eigenvalue weighted by Gasteiger charge is -2.29. The number of carbonyl (C=O) groups excluding carboxylic acids is 1. The van der Waals surface area contributed by atoms with E-state index in [-0.39, 0.29) is 11.4 Å². The molecule has 1 aliphatic carbocycles. The zero-order valence-electron chi connectivity index (χ0n) is 13.7. The first-order chi connectivity index (χ1) is 10.7. The molecule has 122 valence electrons. The summed E-state index contributed by atoms with van der Waals surface area (Å²) in [4.78, 5) is 16.3. The van der Waals surface area contributed by atoms with E-state index in [2.05, 4.69) is 15.6 Å². The summed E-state index contributed by atoms with van der Waals surface area (Å²) in [6.45, 7) is 6.15. The predicted molar refractivity (Wildman–Crippen MR) is 88.0 cm³/mol. The quantitative estimate of drug-likeness (QED) is 0.758. The van der Waals surface area contributed by atoms with E-state index in [1.807, 2.05) is 26.0 Å². The number of hydrogen-bond donors (Lipinski definition) is 2. The second-order valence-electron chi connectivity index (χ2n) is 6.10. The first-order valence-corrected chi connectivity index (χ1v) is 8.19. The smallest absolute Gasteiger partial charge is 0.319 e. The Labute approximate surface area is 132 Å². The molecule has 0 bridgehead atoms. The van der Waals surface area contributed by atoms with Crippen molar-refractivity contribution in [2.24, 2.45) is 5.41 Å². The van der Waals surface area contributed by atoms with Crippen LogP contribution < -0.4 is 10.6 Å². The molecule has 0 saturated heterocycles. The average Bonchev–Trinajstić information content (AvgIpc) is 2.97. The molecule has 1 aromatic heterocycles. The summed E-state index contributed by atoms with van der Waals surface area (Å²) in [6, 6.07) is 3.53. The Morgan fingerprint density at radius 2 is 2.18 bits per heavy atom. The third kappa shape index (κ3) is 4.70. The van der Waals surface area contributed by atoms with Crippen LogP contribution in [0, 0.1) is 12.3 Å². The lowest BCUT2D eigenvalue weighted by Crippen LogP contribution is -2.39. The van der Waals surface area contributed by atoms with Gasteiger partial charge in [0.25, 0.3) is 0 Å². The van der Waals surface area contributed by atoms with Gasteiger partial charge in [-0.1, -0.05) is 12.8 Å². The van der Waals surface area contributed by atoms with Crippen molar-refractivity contribution in [2.75, 3.05) is 25.1 Å². The summed E-state index contributed by atoms with van der Waals surface area (Å²) in [5, 5.41) is 5.91.